The van der Waals surface area contributed by atoms with Crippen molar-refractivity contribution in [3.63, 3.8) is 0 Å². The first-order valence-electron chi connectivity index (χ1n) is 9.21. The molecule has 2 aromatic rings. The van der Waals surface area contributed by atoms with E-state index in [0.717, 1.165) is 5.69 Å². The zero-order valence-corrected chi connectivity index (χ0v) is 16.1. The van der Waals surface area contributed by atoms with E-state index < -0.39 is 4.92 Å². The van der Waals surface area contributed by atoms with E-state index in [-0.39, 0.29) is 11.6 Å². The molecule has 150 valence electrons. The standard InChI is InChI=1S/C20H25N3O5/c1-3-27-17-11-12-19(28-4-2)18(14-17)22-20(24)6-5-13-21-15-7-9-16(10-8-15)23(25)26/h7-12,14,21H,3-6,13H2,1-2H3,(H,22,24). The van der Waals surface area contributed by atoms with Crippen LogP contribution in [0.4, 0.5) is 17.1 Å². The summed E-state index contributed by atoms with van der Waals surface area (Å²) in [5, 5.41) is 16.7. The molecule has 0 aromatic heterocycles. The third kappa shape index (κ3) is 6.46. The Bertz CT molecular complexity index is 793. The number of rotatable bonds is 11. The number of nitro groups is 1. The van der Waals surface area contributed by atoms with Gasteiger partial charge in [0.25, 0.3) is 5.69 Å². The van der Waals surface area contributed by atoms with Crippen LogP contribution in [-0.4, -0.2) is 30.6 Å². The Morgan fingerprint density at radius 2 is 1.79 bits per heavy atom. The summed E-state index contributed by atoms with van der Waals surface area (Å²) in [6, 6.07) is 11.5. The van der Waals surface area contributed by atoms with Gasteiger partial charge >= 0.3 is 0 Å². The van der Waals surface area contributed by atoms with Crippen molar-refractivity contribution < 1.29 is 19.2 Å². The van der Waals surface area contributed by atoms with Crippen molar-refractivity contribution in [2.24, 2.45) is 0 Å². The molecule has 0 fully saturated rings. The highest BCUT2D eigenvalue weighted by Crippen LogP contribution is 2.29. The van der Waals surface area contributed by atoms with Crippen molar-refractivity contribution in [2.75, 3.05) is 30.4 Å². The van der Waals surface area contributed by atoms with Crippen LogP contribution in [0.25, 0.3) is 0 Å². The molecule has 8 nitrogen and oxygen atoms in total. The first-order valence-corrected chi connectivity index (χ1v) is 9.21. The number of hydrogen-bond donors (Lipinski definition) is 2. The average molecular weight is 387 g/mol. The summed E-state index contributed by atoms with van der Waals surface area (Å²) in [5.74, 6) is 1.14. The Balaban J connectivity index is 1.83. The second-order valence-electron chi connectivity index (χ2n) is 5.91. The number of carbonyl (C=O) groups is 1. The molecular weight excluding hydrogens is 362 g/mol. The molecule has 8 heteroatoms. The molecule has 28 heavy (non-hydrogen) atoms. The minimum absolute atomic E-state index is 0.0457. The molecule has 0 aliphatic rings. The summed E-state index contributed by atoms with van der Waals surface area (Å²) >= 11 is 0. The third-order valence-corrected chi connectivity index (χ3v) is 3.82. The lowest BCUT2D eigenvalue weighted by molar-refractivity contribution is -0.384. The van der Waals surface area contributed by atoms with Crippen LogP contribution in [0.15, 0.2) is 42.5 Å². The van der Waals surface area contributed by atoms with Gasteiger partial charge in [-0.15, -0.1) is 0 Å². The second kappa shape index (κ2) is 10.8. The Hall–Kier alpha value is -3.29. The van der Waals surface area contributed by atoms with Gasteiger partial charge in [-0.1, -0.05) is 0 Å². The van der Waals surface area contributed by atoms with Crippen molar-refractivity contribution in [3.05, 3.63) is 52.6 Å². The maximum Gasteiger partial charge on any atom is 0.269 e. The van der Waals surface area contributed by atoms with Crippen LogP contribution in [0.2, 0.25) is 0 Å². The van der Waals surface area contributed by atoms with Crippen molar-refractivity contribution in [3.8, 4) is 11.5 Å². The Morgan fingerprint density at radius 3 is 2.43 bits per heavy atom. The van der Waals surface area contributed by atoms with Crippen LogP contribution in [0, 0.1) is 10.1 Å². The Labute approximate surface area is 164 Å². The average Bonchev–Trinajstić information content (AvgIpc) is 2.68. The smallest absolute Gasteiger partial charge is 0.269 e. The van der Waals surface area contributed by atoms with Gasteiger partial charge in [-0.05, 0) is 44.5 Å². The summed E-state index contributed by atoms with van der Waals surface area (Å²) in [5.41, 5.74) is 1.40. The molecule has 0 radical (unpaired) electrons. The van der Waals surface area contributed by atoms with Crippen molar-refractivity contribution in [1.82, 2.24) is 0 Å². The van der Waals surface area contributed by atoms with E-state index in [1.807, 2.05) is 13.8 Å². The topological polar surface area (TPSA) is 103 Å². The van der Waals surface area contributed by atoms with Crippen molar-refractivity contribution in [2.45, 2.75) is 26.7 Å². The molecule has 0 unspecified atom stereocenters. The lowest BCUT2D eigenvalue weighted by Crippen LogP contribution is -2.14. The van der Waals surface area contributed by atoms with Crippen LogP contribution >= 0.6 is 0 Å². The number of carbonyl (C=O) groups excluding carboxylic acids is 1. The molecule has 0 saturated heterocycles. The first-order chi connectivity index (χ1) is 13.5. The third-order valence-electron chi connectivity index (χ3n) is 3.82. The Morgan fingerprint density at radius 1 is 1.07 bits per heavy atom. The number of hydrogen-bond acceptors (Lipinski definition) is 6. The van der Waals surface area contributed by atoms with Crippen LogP contribution in [0.1, 0.15) is 26.7 Å². The molecule has 0 aliphatic carbocycles. The van der Waals surface area contributed by atoms with Gasteiger partial charge in [-0.2, -0.15) is 0 Å². The van der Waals surface area contributed by atoms with Crippen LogP contribution in [0.5, 0.6) is 11.5 Å². The molecule has 2 aromatic carbocycles. The summed E-state index contributed by atoms with van der Waals surface area (Å²) < 4.78 is 11.0. The van der Waals surface area contributed by atoms with Gasteiger partial charge in [0.15, 0.2) is 0 Å². The predicted octanol–water partition coefficient (Wildman–Crippen LogP) is 4.22. The fraction of sp³-hybridized carbons (Fsp3) is 0.350. The number of nitro benzene ring substituents is 1. The molecule has 0 heterocycles. The Kier molecular flexibility index (Phi) is 8.08. The molecule has 0 spiro atoms. The highest BCUT2D eigenvalue weighted by Gasteiger charge is 2.10. The summed E-state index contributed by atoms with van der Waals surface area (Å²) in [6.45, 7) is 5.38. The fourth-order valence-corrected chi connectivity index (χ4v) is 2.54. The summed E-state index contributed by atoms with van der Waals surface area (Å²) in [7, 11) is 0. The number of ether oxygens (including phenoxy) is 2. The normalized spacial score (nSPS) is 10.2. The number of nitrogens with zero attached hydrogens (tertiary/aromatic N) is 1. The van der Waals surface area contributed by atoms with Gasteiger partial charge in [-0.25, -0.2) is 0 Å². The van der Waals surface area contributed by atoms with Gasteiger partial charge in [-0.3, -0.25) is 14.9 Å². The van der Waals surface area contributed by atoms with E-state index in [1.165, 1.54) is 12.1 Å². The highest BCUT2D eigenvalue weighted by molar-refractivity contribution is 5.92. The SMILES string of the molecule is CCOc1ccc(OCC)c(NC(=O)CCCNc2ccc([N+](=O)[O-])cc2)c1. The monoisotopic (exact) mass is 387 g/mol. The molecule has 2 rings (SSSR count). The van der Waals surface area contributed by atoms with Gasteiger partial charge in [0, 0.05) is 36.9 Å². The van der Waals surface area contributed by atoms with Crippen LogP contribution in [0.3, 0.4) is 0 Å². The maximum absolute atomic E-state index is 12.3. The maximum atomic E-state index is 12.3. The van der Waals surface area contributed by atoms with E-state index in [1.54, 1.807) is 30.3 Å². The van der Waals surface area contributed by atoms with Gasteiger partial charge < -0.3 is 20.1 Å². The summed E-state index contributed by atoms with van der Waals surface area (Å²) in [4.78, 5) is 22.5. The molecular formula is C20H25N3O5. The predicted molar refractivity (Wildman–Crippen MR) is 108 cm³/mol. The van der Waals surface area contributed by atoms with Gasteiger partial charge in [0.05, 0.1) is 23.8 Å². The quantitative estimate of drug-likeness (QED) is 0.340. The van der Waals surface area contributed by atoms with E-state index in [9.17, 15) is 14.9 Å². The lowest BCUT2D eigenvalue weighted by Gasteiger charge is -2.13. The van der Waals surface area contributed by atoms with Crippen molar-refractivity contribution >= 4 is 23.0 Å². The number of amides is 1. The van der Waals surface area contributed by atoms with Crippen LogP contribution < -0.4 is 20.1 Å². The largest absolute Gasteiger partial charge is 0.494 e. The second-order valence-corrected chi connectivity index (χ2v) is 5.91. The molecule has 0 saturated carbocycles. The van der Waals surface area contributed by atoms with Crippen LogP contribution in [-0.2, 0) is 4.79 Å². The van der Waals surface area contributed by atoms with E-state index >= 15 is 0 Å². The van der Waals surface area contributed by atoms with Gasteiger partial charge in [0.2, 0.25) is 5.91 Å². The molecule has 0 bridgehead atoms. The number of anilines is 2. The molecule has 1 amide bonds. The minimum atomic E-state index is -0.439. The van der Waals surface area contributed by atoms with Crippen molar-refractivity contribution in [1.29, 1.82) is 0 Å². The zero-order chi connectivity index (χ0) is 20.4. The van der Waals surface area contributed by atoms with E-state index in [0.29, 0.717) is 49.8 Å². The van der Waals surface area contributed by atoms with E-state index in [4.69, 9.17) is 9.47 Å². The number of benzene rings is 2. The number of nitrogens with one attached hydrogen (secondary N) is 2. The zero-order valence-electron chi connectivity index (χ0n) is 16.1. The summed E-state index contributed by atoms with van der Waals surface area (Å²) in [6.07, 6.45) is 0.933. The highest BCUT2D eigenvalue weighted by atomic mass is 16.6. The van der Waals surface area contributed by atoms with E-state index in [2.05, 4.69) is 10.6 Å². The fourth-order valence-electron chi connectivity index (χ4n) is 2.54. The molecule has 0 aliphatic heterocycles. The molecule has 0 atom stereocenters. The first kappa shape index (κ1) is 21.0. The minimum Gasteiger partial charge on any atom is -0.494 e. The lowest BCUT2D eigenvalue weighted by atomic mass is 10.2. The van der Waals surface area contributed by atoms with Gasteiger partial charge in [0.1, 0.15) is 11.5 Å². The molecule has 2 N–H and O–H groups in total. The number of non-ortho nitro benzene ring substituents is 1.